The number of anilines is 1. The highest BCUT2D eigenvalue weighted by Crippen LogP contribution is 2.26. The highest BCUT2D eigenvalue weighted by molar-refractivity contribution is 7.12. The predicted octanol–water partition coefficient (Wildman–Crippen LogP) is 5.41. The second-order valence-electron chi connectivity index (χ2n) is 6.67. The van der Waals surface area contributed by atoms with Gasteiger partial charge >= 0.3 is 6.36 Å². The van der Waals surface area contributed by atoms with Crippen LogP contribution in [0.2, 0.25) is 0 Å². The number of carbonyl (C=O) groups is 2. The first-order valence-electron chi connectivity index (χ1n) is 9.23. The number of nitrogens with zero attached hydrogens (tertiary/aromatic N) is 1. The molecule has 31 heavy (non-hydrogen) atoms. The Morgan fingerprint density at radius 2 is 1.71 bits per heavy atom. The quantitative estimate of drug-likeness (QED) is 0.548. The summed E-state index contributed by atoms with van der Waals surface area (Å²) in [5.41, 5.74) is 1.35. The summed E-state index contributed by atoms with van der Waals surface area (Å²) in [5, 5.41) is 4.61. The highest BCUT2D eigenvalue weighted by atomic mass is 32.1. The van der Waals surface area contributed by atoms with Gasteiger partial charge in [-0.3, -0.25) is 9.59 Å². The van der Waals surface area contributed by atoms with Gasteiger partial charge in [-0.25, -0.2) is 0 Å². The maximum absolute atomic E-state index is 12.9. The molecular weight excluding hydrogens is 429 g/mol. The van der Waals surface area contributed by atoms with Crippen LogP contribution in [0.25, 0.3) is 0 Å². The Balaban J connectivity index is 1.74. The van der Waals surface area contributed by atoms with Crippen molar-refractivity contribution in [1.29, 1.82) is 0 Å². The Kier molecular flexibility index (Phi) is 6.65. The molecule has 1 N–H and O–H groups in total. The van der Waals surface area contributed by atoms with Gasteiger partial charge < -0.3 is 15.0 Å². The molecule has 0 spiro atoms. The lowest BCUT2D eigenvalue weighted by Gasteiger charge is -2.21. The van der Waals surface area contributed by atoms with E-state index in [2.05, 4.69) is 10.1 Å². The minimum absolute atomic E-state index is 0.233. The molecule has 3 rings (SSSR count). The van der Waals surface area contributed by atoms with Crippen LogP contribution in [0.5, 0.6) is 5.75 Å². The summed E-state index contributed by atoms with van der Waals surface area (Å²) in [4.78, 5) is 27.5. The molecule has 1 aromatic heterocycles. The Morgan fingerprint density at radius 3 is 2.32 bits per heavy atom. The largest absolute Gasteiger partial charge is 0.573 e. The predicted molar refractivity (Wildman–Crippen MR) is 113 cm³/mol. The van der Waals surface area contributed by atoms with Gasteiger partial charge in [-0.15, -0.1) is 24.5 Å². The molecule has 9 heteroatoms. The maximum Gasteiger partial charge on any atom is 0.573 e. The van der Waals surface area contributed by atoms with Crippen molar-refractivity contribution in [2.45, 2.75) is 19.3 Å². The summed E-state index contributed by atoms with van der Waals surface area (Å²) < 4.78 is 40.8. The van der Waals surface area contributed by atoms with Crippen LogP contribution >= 0.6 is 11.3 Å². The van der Waals surface area contributed by atoms with Crippen LogP contribution in [-0.2, 0) is 0 Å². The Morgan fingerprint density at radius 1 is 1.03 bits per heavy atom. The monoisotopic (exact) mass is 448 g/mol. The Labute approximate surface area is 181 Å². The molecular formula is C22H19F3N2O3S. The lowest BCUT2D eigenvalue weighted by molar-refractivity contribution is -0.274. The van der Waals surface area contributed by atoms with Crippen molar-refractivity contribution in [3.05, 3.63) is 82.0 Å². The summed E-state index contributed by atoms with van der Waals surface area (Å²) in [5.74, 6) is -0.984. The number of rotatable bonds is 6. The fourth-order valence-corrected chi connectivity index (χ4v) is 3.65. The van der Waals surface area contributed by atoms with E-state index in [1.54, 1.807) is 55.7 Å². The first-order chi connectivity index (χ1) is 14.7. The number of para-hydroxylation sites is 1. The lowest BCUT2D eigenvalue weighted by atomic mass is 10.1. The highest BCUT2D eigenvalue weighted by Gasteiger charge is 2.31. The zero-order valence-electron chi connectivity index (χ0n) is 16.6. The van der Waals surface area contributed by atoms with Gasteiger partial charge in [0.1, 0.15) is 5.75 Å². The third-order valence-electron chi connectivity index (χ3n) is 4.51. The first kappa shape index (κ1) is 22.4. The van der Waals surface area contributed by atoms with Crippen LogP contribution in [0, 0.1) is 0 Å². The molecule has 5 nitrogen and oxygen atoms in total. The molecule has 0 bridgehead atoms. The third kappa shape index (κ3) is 5.64. The molecule has 1 heterocycles. The number of amides is 2. The molecule has 0 aliphatic rings. The summed E-state index contributed by atoms with van der Waals surface area (Å²) in [6, 6.07) is 15.0. The normalized spacial score (nSPS) is 12.2. The van der Waals surface area contributed by atoms with Crippen LogP contribution in [0.3, 0.4) is 0 Å². The van der Waals surface area contributed by atoms with Crippen molar-refractivity contribution in [3.63, 3.8) is 0 Å². The summed E-state index contributed by atoms with van der Waals surface area (Å²) in [6.07, 6.45) is -4.77. The van der Waals surface area contributed by atoms with E-state index in [0.29, 0.717) is 21.7 Å². The summed E-state index contributed by atoms with van der Waals surface area (Å²) in [6.45, 7) is 1.71. The van der Waals surface area contributed by atoms with Gasteiger partial charge in [0.25, 0.3) is 11.8 Å². The molecule has 2 amide bonds. The average Bonchev–Trinajstić information content (AvgIpc) is 3.27. The number of carbonyl (C=O) groups excluding carboxylic acids is 2. The van der Waals surface area contributed by atoms with Gasteiger partial charge in [0.15, 0.2) is 0 Å². The topological polar surface area (TPSA) is 58.6 Å². The van der Waals surface area contributed by atoms with Gasteiger partial charge in [-0.1, -0.05) is 30.3 Å². The van der Waals surface area contributed by atoms with E-state index in [4.69, 9.17) is 0 Å². The SMILES string of the molecule is CC(NC(=O)c1ccccc1N(C)C(=O)c1cccs1)c1ccc(OC(F)(F)F)cc1. The van der Waals surface area contributed by atoms with E-state index in [1.165, 1.54) is 40.5 Å². The number of benzene rings is 2. The van der Waals surface area contributed by atoms with Gasteiger partial charge in [0, 0.05) is 7.05 Å². The van der Waals surface area contributed by atoms with Crippen LogP contribution in [-0.4, -0.2) is 25.2 Å². The van der Waals surface area contributed by atoms with Crippen LogP contribution in [0.15, 0.2) is 66.0 Å². The van der Waals surface area contributed by atoms with Gasteiger partial charge in [-0.2, -0.15) is 0 Å². The third-order valence-corrected chi connectivity index (χ3v) is 5.37. The molecule has 0 fully saturated rings. The van der Waals surface area contributed by atoms with Crippen molar-refractivity contribution < 1.29 is 27.5 Å². The van der Waals surface area contributed by atoms with E-state index >= 15 is 0 Å². The van der Waals surface area contributed by atoms with E-state index in [1.807, 2.05) is 0 Å². The first-order valence-corrected chi connectivity index (χ1v) is 10.1. The smallest absolute Gasteiger partial charge is 0.406 e. The molecule has 162 valence electrons. The van der Waals surface area contributed by atoms with Crippen molar-refractivity contribution in [1.82, 2.24) is 5.32 Å². The molecule has 1 atom stereocenters. The number of ether oxygens (including phenoxy) is 1. The maximum atomic E-state index is 12.9. The fourth-order valence-electron chi connectivity index (χ4n) is 2.95. The number of hydrogen-bond donors (Lipinski definition) is 1. The van der Waals surface area contributed by atoms with Gasteiger partial charge in [-0.05, 0) is 48.2 Å². The standard InChI is InChI=1S/C22H19F3N2O3S/c1-14(15-9-11-16(12-10-15)30-22(23,24)25)26-20(28)17-6-3-4-7-18(17)27(2)21(29)19-8-5-13-31-19/h3-14H,1-2H3,(H,26,28). The number of thiophene rings is 1. The van der Waals surface area contributed by atoms with E-state index < -0.39 is 18.3 Å². The van der Waals surface area contributed by atoms with Crippen molar-refractivity contribution in [2.75, 3.05) is 11.9 Å². The van der Waals surface area contributed by atoms with E-state index in [0.717, 1.165) is 0 Å². The molecule has 2 aromatic carbocycles. The molecule has 0 saturated carbocycles. The Bertz CT molecular complexity index is 1050. The van der Waals surface area contributed by atoms with E-state index in [9.17, 15) is 22.8 Å². The number of halogens is 3. The fraction of sp³-hybridized carbons (Fsp3) is 0.182. The van der Waals surface area contributed by atoms with Crippen molar-refractivity contribution in [2.24, 2.45) is 0 Å². The zero-order valence-corrected chi connectivity index (χ0v) is 17.5. The van der Waals surface area contributed by atoms with Crippen LogP contribution in [0.1, 0.15) is 38.6 Å². The van der Waals surface area contributed by atoms with Gasteiger partial charge in [0.05, 0.1) is 22.2 Å². The number of hydrogen-bond acceptors (Lipinski definition) is 4. The molecule has 1 unspecified atom stereocenters. The summed E-state index contributed by atoms with van der Waals surface area (Å²) in [7, 11) is 1.59. The number of nitrogens with one attached hydrogen (secondary N) is 1. The zero-order chi connectivity index (χ0) is 22.6. The lowest BCUT2D eigenvalue weighted by Crippen LogP contribution is -2.31. The molecule has 0 radical (unpaired) electrons. The minimum Gasteiger partial charge on any atom is -0.406 e. The van der Waals surface area contributed by atoms with Gasteiger partial charge in [0.2, 0.25) is 0 Å². The van der Waals surface area contributed by atoms with Crippen LogP contribution < -0.4 is 15.0 Å². The molecule has 0 aliphatic heterocycles. The average molecular weight is 448 g/mol. The molecule has 0 saturated heterocycles. The molecule has 3 aromatic rings. The van der Waals surface area contributed by atoms with E-state index in [-0.39, 0.29) is 11.7 Å². The number of alkyl halides is 3. The van der Waals surface area contributed by atoms with Crippen LogP contribution in [0.4, 0.5) is 18.9 Å². The van der Waals surface area contributed by atoms with Crippen molar-refractivity contribution in [3.8, 4) is 5.75 Å². The van der Waals surface area contributed by atoms with Crippen molar-refractivity contribution >= 4 is 28.8 Å². The second-order valence-corrected chi connectivity index (χ2v) is 7.62. The Hall–Kier alpha value is -3.33. The molecule has 0 aliphatic carbocycles. The summed E-state index contributed by atoms with van der Waals surface area (Å²) >= 11 is 1.31. The second kappa shape index (κ2) is 9.22. The minimum atomic E-state index is -4.77.